The number of aromatic nitrogens is 2. The quantitative estimate of drug-likeness (QED) is 0.806. The van der Waals surface area contributed by atoms with Crippen molar-refractivity contribution in [3.8, 4) is 0 Å². The minimum absolute atomic E-state index is 0.167. The zero-order valence-electron chi connectivity index (χ0n) is 10.7. The Morgan fingerprint density at radius 3 is 2.59 bits per heavy atom. The molecule has 5 heteroatoms. The van der Waals surface area contributed by atoms with Crippen molar-refractivity contribution >= 4 is 5.91 Å². The molecule has 1 aromatic rings. The summed E-state index contributed by atoms with van der Waals surface area (Å²) < 4.78 is 1.94. The van der Waals surface area contributed by atoms with Crippen molar-refractivity contribution in [2.75, 3.05) is 26.2 Å². The molecule has 5 nitrogen and oxygen atoms in total. The minimum Gasteiger partial charge on any atom is -0.338 e. The average molecular weight is 236 g/mol. The maximum absolute atomic E-state index is 12.5. The standard InChI is InChI=1S/C12H20N4O/c1-10-14-6-9-16(10)12(2,3)11(17)15-7-4-13-5-8-15/h6,9,13H,4-5,7-8H2,1-3H3. The van der Waals surface area contributed by atoms with Crippen LogP contribution in [0.25, 0.3) is 0 Å². The van der Waals surface area contributed by atoms with E-state index in [-0.39, 0.29) is 5.91 Å². The molecule has 0 aromatic carbocycles. The highest BCUT2D eigenvalue weighted by Gasteiger charge is 2.34. The summed E-state index contributed by atoms with van der Waals surface area (Å²) in [6.07, 6.45) is 3.61. The molecule has 1 aliphatic heterocycles. The third-order valence-corrected chi connectivity index (χ3v) is 3.36. The SMILES string of the molecule is Cc1nccn1C(C)(C)C(=O)N1CCNCC1. The number of amides is 1. The summed E-state index contributed by atoms with van der Waals surface area (Å²) in [7, 11) is 0. The van der Waals surface area contributed by atoms with Gasteiger partial charge in [0.25, 0.3) is 0 Å². The van der Waals surface area contributed by atoms with Gasteiger partial charge in [-0.15, -0.1) is 0 Å². The second-order valence-corrected chi connectivity index (χ2v) is 4.95. The molecule has 0 radical (unpaired) electrons. The average Bonchev–Trinajstić information content (AvgIpc) is 2.76. The van der Waals surface area contributed by atoms with Crippen LogP contribution in [0.1, 0.15) is 19.7 Å². The molecule has 0 bridgehead atoms. The van der Waals surface area contributed by atoms with E-state index in [1.165, 1.54) is 0 Å². The molecule has 17 heavy (non-hydrogen) atoms. The van der Waals surface area contributed by atoms with Gasteiger partial charge >= 0.3 is 0 Å². The Kier molecular flexibility index (Phi) is 3.19. The van der Waals surface area contributed by atoms with Crippen molar-refractivity contribution in [1.29, 1.82) is 0 Å². The van der Waals surface area contributed by atoms with Crippen molar-refractivity contribution in [2.24, 2.45) is 0 Å². The molecule has 1 N–H and O–H groups in total. The van der Waals surface area contributed by atoms with Gasteiger partial charge in [0, 0.05) is 38.6 Å². The first-order valence-electron chi connectivity index (χ1n) is 6.04. The molecule has 0 unspecified atom stereocenters. The number of carbonyl (C=O) groups excluding carboxylic acids is 1. The zero-order valence-corrected chi connectivity index (χ0v) is 10.7. The molecule has 0 saturated carbocycles. The highest BCUT2D eigenvalue weighted by atomic mass is 16.2. The molecule has 0 atom stereocenters. The largest absolute Gasteiger partial charge is 0.338 e. The lowest BCUT2D eigenvalue weighted by Gasteiger charge is -2.35. The maximum Gasteiger partial charge on any atom is 0.248 e. The molecule has 2 rings (SSSR count). The van der Waals surface area contributed by atoms with Gasteiger partial charge in [0.1, 0.15) is 11.4 Å². The first-order valence-corrected chi connectivity index (χ1v) is 6.04. The van der Waals surface area contributed by atoms with E-state index >= 15 is 0 Å². The van der Waals surface area contributed by atoms with Crippen LogP contribution in [0, 0.1) is 6.92 Å². The lowest BCUT2D eigenvalue weighted by atomic mass is 10.0. The van der Waals surface area contributed by atoms with Crippen LogP contribution in [0.15, 0.2) is 12.4 Å². The first-order chi connectivity index (χ1) is 8.03. The summed E-state index contributed by atoms with van der Waals surface area (Å²) in [4.78, 5) is 18.6. The molecule has 1 aromatic heterocycles. The van der Waals surface area contributed by atoms with Crippen molar-refractivity contribution < 1.29 is 4.79 Å². The Morgan fingerprint density at radius 2 is 2.06 bits per heavy atom. The highest BCUT2D eigenvalue weighted by Crippen LogP contribution is 2.20. The van der Waals surface area contributed by atoms with Gasteiger partial charge in [0.15, 0.2) is 0 Å². The Bertz CT molecular complexity index is 404. The molecule has 1 saturated heterocycles. The molecule has 0 aliphatic carbocycles. The van der Waals surface area contributed by atoms with E-state index in [1.807, 2.05) is 36.4 Å². The number of rotatable bonds is 2. The monoisotopic (exact) mass is 236 g/mol. The van der Waals surface area contributed by atoms with Crippen LogP contribution in [0.5, 0.6) is 0 Å². The molecule has 0 spiro atoms. The van der Waals surface area contributed by atoms with Crippen molar-refractivity contribution in [2.45, 2.75) is 26.3 Å². The molecular formula is C12H20N4O. The van der Waals surface area contributed by atoms with Gasteiger partial charge in [0.2, 0.25) is 5.91 Å². The number of nitrogens with zero attached hydrogens (tertiary/aromatic N) is 3. The number of hydrogen-bond acceptors (Lipinski definition) is 3. The number of nitrogens with one attached hydrogen (secondary N) is 1. The molecule has 2 heterocycles. The molecule has 1 fully saturated rings. The van der Waals surface area contributed by atoms with Gasteiger partial charge in [-0.25, -0.2) is 4.98 Å². The summed E-state index contributed by atoms with van der Waals surface area (Å²) in [6.45, 7) is 9.16. The maximum atomic E-state index is 12.5. The lowest BCUT2D eigenvalue weighted by Crippen LogP contribution is -2.53. The predicted molar refractivity (Wildman–Crippen MR) is 65.7 cm³/mol. The second-order valence-electron chi connectivity index (χ2n) is 4.95. The molecular weight excluding hydrogens is 216 g/mol. The van der Waals surface area contributed by atoms with Crippen LogP contribution in [0.4, 0.5) is 0 Å². The fourth-order valence-corrected chi connectivity index (χ4v) is 2.33. The number of carbonyl (C=O) groups is 1. The van der Waals surface area contributed by atoms with Crippen molar-refractivity contribution in [1.82, 2.24) is 19.8 Å². The predicted octanol–water partition coefficient (Wildman–Crippen LogP) is 0.358. The number of aryl methyl sites for hydroxylation is 1. The minimum atomic E-state index is -0.558. The van der Waals surface area contributed by atoms with E-state index in [1.54, 1.807) is 6.20 Å². The lowest BCUT2D eigenvalue weighted by molar-refractivity contribution is -0.139. The molecule has 1 aliphatic rings. The van der Waals surface area contributed by atoms with Gasteiger partial charge in [0.05, 0.1) is 0 Å². The van der Waals surface area contributed by atoms with Gasteiger partial charge < -0.3 is 14.8 Å². The van der Waals surface area contributed by atoms with Crippen molar-refractivity contribution in [3.05, 3.63) is 18.2 Å². The number of hydrogen-bond donors (Lipinski definition) is 1. The van der Waals surface area contributed by atoms with Crippen LogP contribution in [-0.4, -0.2) is 46.5 Å². The van der Waals surface area contributed by atoms with E-state index < -0.39 is 5.54 Å². The van der Waals surface area contributed by atoms with Crippen LogP contribution in [-0.2, 0) is 10.3 Å². The fourth-order valence-electron chi connectivity index (χ4n) is 2.33. The van der Waals surface area contributed by atoms with Crippen LogP contribution in [0.2, 0.25) is 0 Å². The van der Waals surface area contributed by atoms with E-state index in [2.05, 4.69) is 10.3 Å². The molecule has 94 valence electrons. The zero-order chi connectivity index (χ0) is 12.5. The summed E-state index contributed by atoms with van der Waals surface area (Å²) in [5.41, 5.74) is -0.558. The van der Waals surface area contributed by atoms with E-state index in [9.17, 15) is 4.79 Å². The fraction of sp³-hybridized carbons (Fsp3) is 0.667. The van der Waals surface area contributed by atoms with Crippen LogP contribution >= 0.6 is 0 Å². The van der Waals surface area contributed by atoms with E-state index in [0.29, 0.717) is 0 Å². The van der Waals surface area contributed by atoms with E-state index in [0.717, 1.165) is 32.0 Å². The Hall–Kier alpha value is -1.36. The summed E-state index contributed by atoms with van der Waals surface area (Å²) in [5, 5.41) is 3.25. The smallest absolute Gasteiger partial charge is 0.248 e. The Balaban J connectivity index is 2.20. The van der Waals surface area contributed by atoms with Crippen LogP contribution in [0.3, 0.4) is 0 Å². The second kappa shape index (κ2) is 4.49. The number of imidazole rings is 1. The summed E-state index contributed by atoms with van der Waals surface area (Å²) in [6, 6.07) is 0. The number of piperazine rings is 1. The van der Waals surface area contributed by atoms with Gasteiger partial charge in [-0.3, -0.25) is 4.79 Å². The van der Waals surface area contributed by atoms with Gasteiger partial charge in [-0.1, -0.05) is 0 Å². The normalized spacial score (nSPS) is 17.2. The third kappa shape index (κ3) is 2.20. The highest BCUT2D eigenvalue weighted by molar-refractivity contribution is 5.84. The molecule has 1 amide bonds. The van der Waals surface area contributed by atoms with Crippen LogP contribution < -0.4 is 5.32 Å². The van der Waals surface area contributed by atoms with Gasteiger partial charge in [-0.05, 0) is 20.8 Å². The topological polar surface area (TPSA) is 50.2 Å². The van der Waals surface area contributed by atoms with Gasteiger partial charge in [-0.2, -0.15) is 0 Å². The summed E-state index contributed by atoms with van der Waals surface area (Å²) >= 11 is 0. The summed E-state index contributed by atoms with van der Waals surface area (Å²) in [5.74, 6) is 1.04. The Labute approximate surface area is 102 Å². The third-order valence-electron chi connectivity index (χ3n) is 3.36. The van der Waals surface area contributed by atoms with Crippen molar-refractivity contribution in [3.63, 3.8) is 0 Å². The Morgan fingerprint density at radius 1 is 1.41 bits per heavy atom. The first kappa shape index (κ1) is 12.1. The van der Waals surface area contributed by atoms with E-state index in [4.69, 9.17) is 0 Å².